The molecule has 1 unspecified atom stereocenters. The Bertz CT molecular complexity index is 771. The highest BCUT2D eigenvalue weighted by atomic mass is 32.2. The van der Waals surface area contributed by atoms with Crippen LogP contribution in [0.1, 0.15) is 12.0 Å². The summed E-state index contributed by atoms with van der Waals surface area (Å²) in [7, 11) is -3.58. The van der Waals surface area contributed by atoms with Crippen LogP contribution in [0.5, 0.6) is 5.88 Å². The van der Waals surface area contributed by atoms with E-state index in [9.17, 15) is 12.8 Å². The van der Waals surface area contributed by atoms with E-state index in [-0.39, 0.29) is 24.0 Å². The largest absolute Gasteiger partial charge is 0.473 e. The molecule has 1 saturated heterocycles. The highest BCUT2D eigenvalue weighted by Crippen LogP contribution is 2.21. The van der Waals surface area contributed by atoms with E-state index in [1.807, 2.05) is 0 Å². The highest BCUT2D eigenvalue weighted by molar-refractivity contribution is 7.88. The number of nitrogens with zero attached hydrogens (tertiary/aromatic N) is 3. The van der Waals surface area contributed by atoms with Gasteiger partial charge in [0, 0.05) is 24.4 Å². The predicted molar refractivity (Wildman–Crippen MR) is 81.7 cm³/mol. The molecule has 1 atom stereocenters. The lowest BCUT2D eigenvalue weighted by molar-refractivity contribution is 0.206. The van der Waals surface area contributed by atoms with Crippen LogP contribution in [0.4, 0.5) is 4.39 Å². The van der Waals surface area contributed by atoms with E-state index in [0.29, 0.717) is 18.8 Å². The Balaban J connectivity index is 1.65. The topological polar surface area (TPSA) is 72.4 Å². The van der Waals surface area contributed by atoms with Crippen LogP contribution >= 0.6 is 0 Å². The van der Waals surface area contributed by atoms with Crippen LogP contribution in [-0.4, -0.2) is 41.9 Å². The van der Waals surface area contributed by atoms with E-state index >= 15 is 0 Å². The number of hydrogen-bond donors (Lipinski definition) is 0. The zero-order valence-electron chi connectivity index (χ0n) is 12.3. The third kappa shape index (κ3) is 3.83. The Kier molecular flexibility index (Phi) is 4.53. The van der Waals surface area contributed by atoms with Gasteiger partial charge in [0.2, 0.25) is 15.9 Å². The SMILES string of the molecule is O=S(=O)(Cc1ccccc1F)N1CCC(Oc2ccncn2)C1. The second-order valence-corrected chi connectivity index (χ2v) is 7.25. The van der Waals surface area contributed by atoms with Crippen molar-refractivity contribution in [3.8, 4) is 5.88 Å². The quantitative estimate of drug-likeness (QED) is 0.829. The fourth-order valence-electron chi connectivity index (χ4n) is 2.47. The molecule has 0 amide bonds. The predicted octanol–water partition coefficient (Wildman–Crippen LogP) is 1.60. The molecule has 0 spiro atoms. The molecule has 1 aromatic carbocycles. The molecule has 3 rings (SSSR count). The normalized spacial score (nSPS) is 18.9. The van der Waals surface area contributed by atoms with Gasteiger partial charge in [-0.1, -0.05) is 18.2 Å². The first-order valence-corrected chi connectivity index (χ1v) is 8.79. The van der Waals surface area contributed by atoms with Crippen molar-refractivity contribution in [1.29, 1.82) is 0 Å². The Morgan fingerprint density at radius 3 is 2.87 bits per heavy atom. The minimum atomic E-state index is -3.58. The molecule has 0 N–H and O–H groups in total. The van der Waals surface area contributed by atoms with Crippen LogP contribution in [-0.2, 0) is 15.8 Å². The molecule has 0 aliphatic carbocycles. The number of ether oxygens (including phenoxy) is 1. The number of hydrogen-bond acceptors (Lipinski definition) is 5. The minimum absolute atomic E-state index is 0.174. The molecule has 23 heavy (non-hydrogen) atoms. The summed E-state index contributed by atoms with van der Waals surface area (Å²) < 4.78 is 45.5. The van der Waals surface area contributed by atoms with Crippen molar-refractivity contribution in [2.75, 3.05) is 13.1 Å². The first kappa shape index (κ1) is 15.8. The van der Waals surface area contributed by atoms with Crippen LogP contribution in [0.25, 0.3) is 0 Å². The summed E-state index contributed by atoms with van der Waals surface area (Å²) in [5.74, 6) is -0.442. The fourth-order valence-corrected chi connectivity index (χ4v) is 4.06. The van der Waals surface area contributed by atoms with Gasteiger partial charge in [0.05, 0.1) is 12.3 Å². The maximum Gasteiger partial charge on any atom is 0.218 e. The monoisotopic (exact) mass is 337 g/mol. The number of aromatic nitrogens is 2. The lowest BCUT2D eigenvalue weighted by Crippen LogP contribution is -2.32. The summed E-state index contributed by atoms with van der Waals surface area (Å²) in [6.45, 7) is 0.591. The van der Waals surface area contributed by atoms with Gasteiger partial charge in [-0.25, -0.2) is 22.8 Å². The summed E-state index contributed by atoms with van der Waals surface area (Å²) in [5.41, 5.74) is 0.174. The minimum Gasteiger partial charge on any atom is -0.473 e. The van der Waals surface area contributed by atoms with Crippen molar-refractivity contribution in [2.45, 2.75) is 18.3 Å². The highest BCUT2D eigenvalue weighted by Gasteiger charge is 2.33. The van der Waals surface area contributed by atoms with Gasteiger partial charge in [0.25, 0.3) is 0 Å². The molecule has 6 nitrogen and oxygen atoms in total. The van der Waals surface area contributed by atoms with Crippen LogP contribution < -0.4 is 4.74 Å². The first-order valence-electron chi connectivity index (χ1n) is 7.18. The van der Waals surface area contributed by atoms with Gasteiger partial charge in [-0.15, -0.1) is 0 Å². The maximum absolute atomic E-state index is 13.6. The number of benzene rings is 1. The average Bonchev–Trinajstić information content (AvgIpc) is 3.00. The molecule has 2 heterocycles. The van der Waals surface area contributed by atoms with Gasteiger partial charge in [0.1, 0.15) is 18.2 Å². The van der Waals surface area contributed by atoms with Crippen molar-refractivity contribution in [3.63, 3.8) is 0 Å². The molecule has 0 radical (unpaired) electrons. The van der Waals surface area contributed by atoms with Gasteiger partial charge >= 0.3 is 0 Å². The summed E-state index contributed by atoms with van der Waals surface area (Å²) in [6.07, 6.45) is 3.24. The lowest BCUT2D eigenvalue weighted by Gasteiger charge is -2.17. The van der Waals surface area contributed by atoms with E-state index in [2.05, 4.69) is 9.97 Å². The Morgan fingerprint density at radius 2 is 2.13 bits per heavy atom. The van der Waals surface area contributed by atoms with Crippen molar-refractivity contribution in [3.05, 3.63) is 54.2 Å². The van der Waals surface area contributed by atoms with Crippen LogP contribution in [0.15, 0.2) is 42.9 Å². The molecule has 1 aliphatic heterocycles. The van der Waals surface area contributed by atoms with E-state index in [1.165, 1.54) is 28.8 Å². The second-order valence-electron chi connectivity index (χ2n) is 5.28. The van der Waals surface area contributed by atoms with Gasteiger partial charge < -0.3 is 4.74 Å². The molecule has 0 saturated carbocycles. The fraction of sp³-hybridized carbons (Fsp3) is 0.333. The van der Waals surface area contributed by atoms with Crippen molar-refractivity contribution in [1.82, 2.24) is 14.3 Å². The molecular weight excluding hydrogens is 321 g/mol. The molecular formula is C15H16FN3O3S. The smallest absolute Gasteiger partial charge is 0.218 e. The van der Waals surface area contributed by atoms with Gasteiger partial charge in [-0.05, 0) is 12.5 Å². The van der Waals surface area contributed by atoms with E-state index in [1.54, 1.807) is 18.3 Å². The standard InChI is InChI=1S/C15H16FN3O3S/c16-14-4-2-1-3-12(14)10-23(20,21)19-8-6-13(9-19)22-15-5-7-17-11-18-15/h1-5,7,11,13H,6,8-10H2. The molecule has 2 aromatic rings. The van der Waals surface area contributed by atoms with Crippen LogP contribution in [0.2, 0.25) is 0 Å². The zero-order chi connectivity index (χ0) is 16.3. The molecule has 1 aliphatic rings. The summed E-state index contributed by atoms with van der Waals surface area (Å²) in [4.78, 5) is 7.75. The van der Waals surface area contributed by atoms with Crippen LogP contribution in [0.3, 0.4) is 0 Å². The third-order valence-electron chi connectivity index (χ3n) is 3.64. The second kappa shape index (κ2) is 6.59. The van der Waals surface area contributed by atoms with Crippen molar-refractivity contribution >= 4 is 10.0 Å². The molecule has 1 aromatic heterocycles. The van der Waals surface area contributed by atoms with E-state index in [0.717, 1.165) is 0 Å². The number of rotatable bonds is 5. The van der Waals surface area contributed by atoms with E-state index in [4.69, 9.17) is 4.74 Å². The maximum atomic E-state index is 13.6. The van der Waals surface area contributed by atoms with E-state index < -0.39 is 15.8 Å². The summed E-state index contributed by atoms with van der Waals surface area (Å²) in [5, 5.41) is 0. The van der Waals surface area contributed by atoms with Gasteiger partial charge in [0.15, 0.2) is 0 Å². The Morgan fingerprint density at radius 1 is 1.30 bits per heavy atom. The molecule has 0 bridgehead atoms. The van der Waals surface area contributed by atoms with Gasteiger partial charge in [-0.2, -0.15) is 4.31 Å². The van der Waals surface area contributed by atoms with Crippen molar-refractivity contribution < 1.29 is 17.5 Å². The molecule has 8 heteroatoms. The third-order valence-corrected chi connectivity index (χ3v) is 5.43. The Labute approximate surface area is 134 Å². The van der Waals surface area contributed by atoms with Crippen molar-refractivity contribution in [2.24, 2.45) is 0 Å². The lowest BCUT2D eigenvalue weighted by atomic mass is 10.2. The first-order chi connectivity index (χ1) is 11.0. The average molecular weight is 337 g/mol. The summed E-state index contributed by atoms with van der Waals surface area (Å²) >= 11 is 0. The summed E-state index contributed by atoms with van der Waals surface area (Å²) in [6, 6.07) is 7.52. The molecule has 122 valence electrons. The van der Waals surface area contributed by atoms with Crippen LogP contribution in [0, 0.1) is 5.82 Å². The molecule has 1 fully saturated rings. The Hall–Kier alpha value is -2.06. The number of halogens is 1. The zero-order valence-corrected chi connectivity index (χ0v) is 13.1. The van der Waals surface area contributed by atoms with Gasteiger partial charge in [-0.3, -0.25) is 0 Å². The number of sulfonamides is 1.